The van der Waals surface area contributed by atoms with Crippen molar-refractivity contribution >= 4 is 17.7 Å². The van der Waals surface area contributed by atoms with Crippen molar-refractivity contribution in [3.05, 3.63) is 0 Å². The van der Waals surface area contributed by atoms with Crippen molar-refractivity contribution in [2.45, 2.75) is 19.9 Å². The van der Waals surface area contributed by atoms with E-state index in [2.05, 4.69) is 5.32 Å². The lowest BCUT2D eigenvalue weighted by atomic mass is 10.3. The smallest absolute Gasteiger partial charge is 0.240 e. The molecule has 1 aliphatic rings. The van der Waals surface area contributed by atoms with E-state index in [0.717, 1.165) is 18.2 Å². The minimum absolute atomic E-state index is 0.0107. The molecule has 0 aromatic carbocycles. The molecular formula is C10H20N2O2S. The number of nitrogens with one attached hydrogen (secondary N) is 1. The highest BCUT2D eigenvalue weighted by Crippen LogP contribution is 2.11. The topological polar surface area (TPSA) is 41.6 Å². The summed E-state index contributed by atoms with van der Waals surface area (Å²) < 4.78 is 5.26. The number of nitrogens with zero attached hydrogens (tertiary/aromatic N) is 1. The molecular weight excluding hydrogens is 212 g/mol. The van der Waals surface area contributed by atoms with Gasteiger partial charge in [-0.1, -0.05) is 0 Å². The van der Waals surface area contributed by atoms with Crippen LogP contribution in [-0.4, -0.2) is 54.8 Å². The van der Waals surface area contributed by atoms with Crippen molar-refractivity contribution in [2.75, 3.05) is 37.9 Å². The molecule has 1 aliphatic heterocycles. The molecule has 0 saturated carbocycles. The van der Waals surface area contributed by atoms with Crippen molar-refractivity contribution in [3.8, 4) is 0 Å². The summed E-state index contributed by atoms with van der Waals surface area (Å²) >= 11 is 1.78. The summed E-state index contributed by atoms with van der Waals surface area (Å²) in [5, 5.41) is 3.19. The van der Waals surface area contributed by atoms with Gasteiger partial charge in [-0.2, -0.15) is 0 Å². The zero-order valence-corrected chi connectivity index (χ0v) is 10.3. The molecule has 4 nitrogen and oxygen atoms in total. The van der Waals surface area contributed by atoms with Crippen LogP contribution in [0.2, 0.25) is 0 Å². The third-order valence-corrected chi connectivity index (χ3v) is 3.36. The summed E-state index contributed by atoms with van der Waals surface area (Å²) in [4.78, 5) is 13.8. The number of carbonyl (C=O) groups excluding carboxylic acids is 1. The van der Waals surface area contributed by atoms with Gasteiger partial charge in [0.2, 0.25) is 5.91 Å². The highest BCUT2D eigenvalue weighted by molar-refractivity contribution is 7.99. The first-order valence-electron chi connectivity index (χ1n) is 5.47. The van der Waals surface area contributed by atoms with E-state index in [4.69, 9.17) is 4.74 Å². The van der Waals surface area contributed by atoms with Gasteiger partial charge in [0.25, 0.3) is 0 Å². The minimum atomic E-state index is 0.0107. The summed E-state index contributed by atoms with van der Waals surface area (Å²) in [5.41, 5.74) is 0. The van der Waals surface area contributed by atoms with E-state index >= 15 is 0 Å². The Morgan fingerprint density at radius 3 is 2.93 bits per heavy atom. The van der Waals surface area contributed by atoms with Crippen molar-refractivity contribution in [1.29, 1.82) is 0 Å². The Morgan fingerprint density at radius 2 is 2.40 bits per heavy atom. The Labute approximate surface area is 95.7 Å². The summed E-state index contributed by atoms with van der Waals surface area (Å²) in [6, 6.07) is 0.0107. The number of thioether (sulfide) groups is 1. The number of amides is 1. The van der Waals surface area contributed by atoms with Gasteiger partial charge < -0.3 is 9.64 Å². The Balaban J connectivity index is 2.32. The SMILES string of the molecule is CCOCCN(CC)C(=O)[C@H]1CSCN1. The number of rotatable bonds is 6. The summed E-state index contributed by atoms with van der Waals surface area (Å²) in [6.45, 7) is 6.78. The number of likely N-dealkylation sites (N-methyl/N-ethyl adjacent to an activating group) is 1. The van der Waals surface area contributed by atoms with Crippen LogP contribution in [0.3, 0.4) is 0 Å². The Bertz CT molecular complexity index is 196. The summed E-state index contributed by atoms with van der Waals surface area (Å²) in [7, 11) is 0. The van der Waals surface area contributed by atoms with Crippen LogP contribution in [-0.2, 0) is 9.53 Å². The van der Waals surface area contributed by atoms with E-state index in [-0.39, 0.29) is 11.9 Å². The molecule has 0 unspecified atom stereocenters. The van der Waals surface area contributed by atoms with Crippen LogP contribution >= 0.6 is 11.8 Å². The van der Waals surface area contributed by atoms with E-state index in [1.165, 1.54) is 0 Å². The van der Waals surface area contributed by atoms with E-state index in [9.17, 15) is 4.79 Å². The molecule has 88 valence electrons. The standard InChI is InChI=1S/C10H20N2O2S/c1-3-12(5-6-14-4-2)10(13)9-7-15-8-11-9/h9,11H,3-8H2,1-2H3/t9-/m1/s1. The second-order valence-electron chi connectivity index (χ2n) is 3.39. The summed E-state index contributed by atoms with van der Waals surface area (Å²) in [6.07, 6.45) is 0. The fourth-order valence-electron chi connectivity index (χ4n) is 1.52. The molecule has 1 N–H and O–H groups in total. The minimum Gasteiger partial charge on any atom is -0.380 e. The molecule has 0 aromatic heterocycles. The molecule has 15 heavy (non-hydrogen) atoms. The molecule has 0 aliphatic carbocycles. The molecule has 1 amide bonds. The lowest BCUT2D eigenvalue weighted by Gasteiger charge is -2.23. The Morgan fingerprint density at radius 1 is 1.60 bits per heavy atom. The molecule has 1 rings (SSSR count). The highest BCUT2D eigenvalue weighted by atomic mass is 32.2. The van der Waals surface area contributed by atoms with Gasteiger partial charge in [0.15, 0.2) is 0 Å². The third kappa shape index (κ3) is 4.01. The largest absolute Gasteiger partial charge is 0.380 e. The van der Waals surface area contributed by atoms with Crippen LogP contribution in [0.25, 0.3) is 0 Å². The van der Waals surface area contributed by atoms with Crippen molar-refractivity contribution < 1.29 is 9.53 Å². The van der Waals surface area contributed by atoms with Gasteiger partial charge in [-0.3, -0.25) is 10.1 Å². The zero-order valence-electron chi connectivity index (χ0n) is 9.49. The third-order valence-electron chi connectivity index (χ3n) is 2.42. The molecule has 1 fully saturated rings. The number of ether oxygens (including phenoxy) is 1. The maximum absolute atomic E-state index is 12.0. The van der Waals surface area contributed by atoms with Gasteiger partial charge in [0, 0.05) is 31.3 Å². The average Bonchev–Trinajstić information content (AvgIpc) is 2.77. The maximum atomic E-state index is 12.0. The van der Waals surface area contributed by atoms with Crippen LogP contribution in [0.4, 0.5) is 0 Å². The second kappa shape index (κ2) is 7.09. The summed E-state index contributed by atoms with van der Waals surface area (Å²) in [5.74, 6) is 1.99. The molecule has 0 radical (unpaired) electrons. The van der Waals surface area contributed by atoms with Gasteiger partial charge in [-0.15, -0.1) is 11.8 Å². The van der Waals surface area contributed by atoms with Gasteiger partial charge >= 0.3 is 0 Å². The highest BCUT2D eigenvalue weighted by Gasteiger charge is 2.26. The lowest BCUT2D eigenvalue weighted by Crippen LogP contribution is -2.46. The van der Waals surface area contributed by atoms with Crippen molar-refractivity contribution in [1.82, 2.24) is 10.2 Å². The van der Waals surface area contributed by atoms with Crippen LogP contribution in [0.1, 0.15) is 13.8 Å². The average molecular weight is 232 g/mol. The quantitative estimate of drug-likeness (QED) is 0.679. The molecule has 5 heteroatoms. The second-order valence-corrected chi connectivity index (χ2v) is 4.42. The zero-order chi connectivity index (χ0) is 11.1. The van der Waals surface area contributed by atoms with Crippen molar-refractivity contribution in [2.24, 2.45) is 0 Å². The van der Waals surface area contributed by atoms with Gasteiger partial charge in [0.05, 0.1) is 12.6 Å². The monoisotopic (exact) mass is 232 g/mol. The van der Waals surface area contributed by atoms with Crippen LogP contribution in [0.15, 0.2) is 0 Å². The van der Waals surface area contributed by atoms with Crippen LogP contribution in [0.5, 0.6) is 0 Å². The van der Waals surface area contributed by atoms with Crippen LogP contribution < -0.4 is 5.32 Å². The van der Waals surface area contributed by atoms with Gasteiger partial charge in [0.1, 0.15) is 0 Å². The predicted molar refractivity (Wildman–Crippen MR) is 63.0 cm³/mol. The first-order valence-corrected chi connectivity index (χ1v) is 6.62. The fraction of sp³-hybridized carbons (Fsp3) is 0.900. The molecule has 1 atom stereocenters. The first-order chi connectivity index (χ1) is 7.29. The van der Waals surface area contributed by atoms with E-state index < -0.39 is 0 Å². The predicted octanol–water partition coefficient (Wildman–Crippen LogP) is 0.534. The van der Waals surface area contributed by atoms with E-state index in [1.807, 2.05) is 18.7 Å². The lowest BCUT2D eigenvalue weighted by molar-refractivity contribution is -0.133. The van der Waals surface area contributed by atoms with E-state index in [1.54, 1.807) is 11.8 Å². The molecule has 0 aromatic rings. The fourth-order valence-corrected chi connectivity index (χ4v) is 2.45. The number of carbonyl (C=O) groups is 1. The van der Waals surface area contributed by atoms with Crippen molar-refractivity contribution in [3.63, 3.8) is 0 Å². The molecule has 0 spiro atoms. The van der Waals surface area contributed by atoms with Gasteiger partial charge in [-0.25, -0.2) is 0 Å². The number of hydrogen-bond acceptors (Lipinski definition) is 4. The maximum Gasteiger partial charge on any atom is 0.240 e. The van der Waals surface area contributed by atoms with E-state index in [0.29, 0.717) is 19.8 Å². The number of hydrogen-bond donors (Lipinski definition) is 1. The first kappa shape index (κ1) is 12.8. The van der Waals surface area contributed by atoms with Crippen LogP contribution in [0, 0.1) is 0 Å². The molecule has 1 heterocycles. The molecule has 0 bridgehead atoms. The Kier molecular flexibility index (Phi) is 6.05. The normalized spacial score (nSPS) is 20.5. The Hall–Kier alpha value is -0.260. The molecule has 1 saturated heterocycles. The van der Waals surface area contributed by atoms with Gasteiger partial charge in [-0.05, 0) is 13.8 Å².